The van der Waals surface area contributed by atoms with Crippen molar-refractivity contribution in [2.24, 2.45) is 0 Å². The number of aryl methyl sites for hydroxylation is 1. The number of hydrogen-bond donors (Lipinski definition) is 1. The third-order valence-electron chi connectivity index (χ3n) is 3.86. The summed E-state index contributed by atoms with van der Waals surface area (Å²) in [6, 6.07) is 6.74. The number of benzene rings is 1. The first kappa shape index (κ1) is 16.4. The van der Waals surface area contributed by atoms with Crippen LogP contribution in [0.5, 0.6) is 0 Å². The molecule has 8 heteroatoms. The lowest BCUT2D eigenvalue weighted by molar-refractivity contribution is -0.384. The Morgan fingerprint density at radius 3 is 2.75 bits per heavy atom. The SMILES string of the molecule is Cc1cc([N+](=O)[O-])c(N2CCOCC2)cc1NC(=O)c1cccs1. The summed E-state index contributed by atoms with van der Waals surface area (Å²) in [4.78, 5) is 25.8. The van der Waals surface area contributed by atoms with Gasteiger partial charge in [-0.2, -0.15) is 0 Å². The number of carbonyl (C=O) groups excluding carboxylic acids is 1. The van der Waals surface area contributed by atoms with Crippen LogP contribution < -0.4 is 10.2 Å². The third-order valence-corrected chi connectivity index (χ3v) is 4.73. The van der Waals surface area contributed by atoms with Gasteiger partial charge >= 0.3 is 0 Å². The van der Waals surface area contributed by atoms with Gasteiger partial charge in [-0.1, -0.05) is 6.07 Å². The quantitative estimate of drug-likeness (QED) is 0.679. The number of nitrogens with zero attached hydrogens (tertiary/aromatic N) is 2. The molecule has 3 rings (SSSR count). The molecule has 24 heavy (non-hydrogen) atoms. The zero-order valence-electron chi connectivity index (χ0n) is 13.2. The number of nitro benzene ring substituents is 1. The molecule has 1 aliphatic heterocycles. The lowest BCUT2D eigenvalue weighted by atomic mass is 10.1. The van der Waals surface area contributed by atoms with E-state index < -0.39 is 0 Å². The molecule has 1 N–H and O–H groups in total. The van der Waals surface area contributed by atoms with Crippen molar-refractivity contribution in [2.75, 3.05) is 36.5 Å². The molecule has 2 aromatic rings. The molecule has 1 aromatic heterocycles. The van der Waals surface area contributed by atoms with Crippen molar-refractivity contribution < 1.29 is 14.5 Å². The second-order valence-electron chi connectivity index (χ2n) is 5.44. The monoisotopic (exact) mass is 347 g/mol. The van der Waals surface area contributed by atoms with Crippen LogP contribution in [0.25, 0.3) is 0 Å². The van der Waals surface area contributed by atoms with E-state index in [-0.39, 0.29) is 16.5 Å². The van der Waals surface area contributed by atoms with Crippen molar-refractivity contribution in [3.05, 3.63) is 50.2 Å². The van der Waals surface area contributed by atoms with Crippen molar-refractivity contribution in [1.82, 2.24) is 0 Å². The minimum Gasteiger partial charge on any atom is -0.378 e. The number of thiophene rings is 1. The summed E-state index contributed by atoms with van der Waals surface area (Å²) in [5.41, 5.74) is 1.79. The molecular weight excluding hydrogens is 330 g/mol. The van der Waals surface area contributed by atoms with Crippen LogP contribution in [-0.4, -0.2) is 37.1 Å². The normalized spacial score (nSPS) is 14.5. The highest BCUT2D eigenvalue weighted by Crippen LogP contribution is 2.34. The Morgan fingerprint density at radius 2 is 2.12 bits per heavy atom. The van der Waals surface area contributed by atoms with Crippen molar-refractivity contribution in [3.8, 4) is 0 Å². The summed E-state index contributed by atoms with van der Waals surface area (Å²) >= 11 is 1.35. The van der Waals surface area contributed by atoms with E-state index in [0.29, 0.717) is 48.1 Å². The van der Waals surface area contributed by atoms with E-state index in [1.165, 1.54) is 17.4 Å². The fourth-order valence-corrected chi connectivity index (χ4v) is 3.23. The number of nitrogens with one attached hydrogen (secondary N) is 1. The molecule has 1 aliphatic rings. The summed E-state index contributed by atoms with van der Waals surface area (Å²) in [7, 11) is 0. The fraction of sp³-hybridized carbons (Fsp3) is 0.312. The molecule has 126 valence electrons. The van der Waals surface area contributed by atoms with Gasteiger partial charge in [0, 0.05) is 24.8 Å². The van der Waals surface area contributed by atoms with Crippen LogP contribution in [0, 0.1) is 17.0 Å². The summed E-state index contributed by atoms with van der Waals surface area (Å²) < 4.78 is 5.31. The number of carbonyl (C=O) groups is 1. The van der Waals surface area contributed by atoms with E-state index in [0.717, 1.165) is 0 Å². The van der Waals surface area contributed by atoms with Crippen LogP contribution in [0.1, 0.15) is 15.2 Å². The predicted octanol–water partition coefficient (Wildman–Crippen LogP) is 3.05. The van der Waals surface area contributed by atoms with Crippen molar-refractivity contribution in [1.29, 1.82) is 0 Å². The number of morpholine rings is 1. The molecular formula is C16H17N3O4S. The largest absolute Gasteiger partial charge is 0.378 e. The maximum absolute atomic E-state index is 12.3. The zero-order valence-corrected chi connectivity index (χ0v) is 14.0. The Bertz CT molecular complexity index is 755. The lowest BCUT2D eigenvalue weighted by Gasteiger charge is -2.29. The topological polar surface area (TPSA) is 84.7 Å². The fourth-order valence-electron chi connectivity index (χ4n) is 2.61. The highest BCUT2D eigenvalue weighted by molar-refractivity contribution is 7.12. The van der Waals surface area contributed by atoms with Gasteiger partial charge in [0.15, 0.2) is 0 Å². The van der Waals surface area contributed by atoms with Gasteiger partial charge in [0.05, 0.1) is 23.0 Å². The Hall–Kier alpha value is -2.45. The number of ether oxygens (including phenoxy) is 1. The molecule has 0 radical (unpaired) electrons. The van der Waals surface area contributed by atoms with E-state index in [9.17, 15) is 14.9 Å². The first-order valence-corrected chi connectivity index (χ1v) is 8.41. The number of anilines is 2. The van der Waals surface area contributed by atoms with Gasteiger partial charge in [0.25, 0.3) is 11.6 Å². The van der Waals surface area contributed by atoms with Crippen molar-refractivity contribution in [3.63, 3.8) is 0 Å². The summed E-state index contributed by atoms with van der Waals surface area (Å²) in [6.45, 7) is 3.98. The van der Waals surface area contributed by atoms with E-state index in [2.05, 4.69) is 5.32 Å². The van der Waals surface area contributed by atoms with Crippen LogP contribution in [0.3, 0.4) is 0 Å². The smallest absolute Gasteiger partial charge is 0.292 e. The van der Waals surface area contributed by atoms with Crippen LogP contribution in [0.15, 0.2) is 29.6 Å². The Balaban J connectivity index is 1.94. The molecule has 2 heterocycles. The van der Waals surface area contributed by atoms with Crippen molar-refractivity contribution in [2.45, 2.75) is 6.92 Å². The highest BCUT2D eigenvalue weighted by Gasteiger charge is 2.24. The Labute approximate surface area is 143 Å². The molecule has 0 spiro atoms. The molecule has 1 fully saturated rings. The minimum absolute atomic E-state index is 0.0449. The molecule has 1 amide bonds. The second-order valence-corrected chi connectivity index (χ2v) is 6.39. The van der Waals surface area contributed by atoms with Crippen LogP contribution in [-0.2, 0) is 4.74 Å². The van der Waals surface area contributed by atoms with Gasteiger partial charge < -0.3 is 15.0 Å². The van der Waals surface area contributed by atoms with Gasteiger partial charge in [-0.15, -0.1) is 11.3 Å². The number of nitro groups is 1. The van der Waals surface area contributed by atoms with Crippen LogP contribution >= 0.6 is 11.3 Å². The Morgan fingerprint density at radius 1 is 1.38 bits per heavy atom. The predicted molar refractivity (Wildman–Crippen MR) is 93.1 cm³/mol. The molecule has 0 unspecified atom stereocenters. The van der Waals surface area contributed by atoms with Gasteiger partial charge in [-0.25, -0.2) is 0 Å². The van der Waals surface area contributed by atoms with E-state index >= 15 is 0 Å². The number of amides is 1. The van der Waals surface area contributed by atoms with E-state index in [1.807, 2.05) is 10.3 Å². The maximum Gasteiger partial charge on any atom is 0.292 e. The molecule has 0 bridgehead atoms. The molecule has 1 aromatic carbocycles. The van der Waals surface area contributed by atoms with Gasteiger partial charge in [-0.05, 0) is 30.0 Å². The van der Waals surface area contributed by atoms with Gasteiger partial charge in [0.2, 0.25) is 0 Å². The lowest BCUT2D eigenvalue weighted by Crippen LogP contribution is -2.36. The standard InChI is InChI=1S/C16H17N3O4S/c1-11-9-14(19(21)22)13(18-4-6-23-7-5-18)10-12(11)17-16(20)15-3-2-8-24-15/h2-3,8-10H,4-7H2,1H3,(H,17,20). The van der Waals surface area contributed by atoms with Gasteiger partial charge in [0.1, 0.15) is 5.69 Å². The molecule has 1 saturated heterocycles. The first-order chi connectivity index (χ1) is 11.6. The first-order valence-electron chi connectivity index (χ1n) is 7.53. The summed E-state index contributed by atoms with van der Waals surface area (Å²) in [5.74, 6) is -0.213. The van der Waals surface area contributed by atoms with Crippen molar-refractivity contribution >= 4 is 34.3 Å². The molecule has 7 nitrogen and oxygen atoms in total. The van der Waals surface area contributed by atoms with E-state index in [1.54, 1.807) is 25.1 Å². The maximum atomic E-state index is 12.3. The highest BCUT2D eigenvalue weighted by atomic mass is 32.1. The zero-order chi connectivity index (χ0) is 17.1. The molecule has 0 atom stereocenters. The van der Waals surface area contributed by atoms with Gasteiger partial charge in [-0.3, -0.25) is 14.9 Å². The summed E-state index contributed by atoms with van der Waals surface area (Å²) in [5, 5.41) is 16.1. The molecule has 0 saturated carbocycles. The average molecular weight is 347 g/mol. The number of hydrogen-bond acceptors (Lipinski definition) is 6. The second kappa shape index (κ2) is 6.98. The van der Waals surface area contributed by atoms with E-state index in [4.69, 9.17) is 4.74 Å². The average Bonchev–Trinajstić information content (AvgIpc) is 3.11. The van der Waals surface area contributed by atoms with Crippen LogP contribution in [0.4, 0.5) is 17.1 Å². The van der Waals surface area contributed by atoms with Crippen LogP contribution in [0.2, 0.25) is 0 Å². The Kier molecular flexibility index (Phi) is 4.77. The molecule has 0 aliphatic carbocycles. The minimum atomic E-state index is -0.386. The number of rotatable bonds is 4. The summed E-state index contributed by atoms with van der Waals surface area (Å²) in [6.07, 6.45) is 0. The third kappa shape index (κ3) is 3.39.